The van der Waals surface area contributed by atoms with Gasteiger partial charge in [-0.2, -0.15) is 11.8 Å². The number of piperidine rings is 2. The summed E-state index contributed by atoms with van der Waals surface area (Å²) in [5.41, 5.74) is 1.55. The third kappa shape index (κ3) is 4.81. The van der Waals surface area contributed by atoms with Crippen molar-refractivity contribution >= 4 is 23.6 Å². The Labute approximate surface area is 156 Å². The van der Waals surface area contributed by atoms with Crippen molar-refractivity contribution < 1.29 is 9.59 Å². The van der Waals surface area contributed by atoms with Crippen molar-refractivity contribution in [3.05, 3.63) is 11.6 Å². The summed E-state index contributed by atoms with van der Waals surface area (Å²) in [6, 6.07) is 0.357. The van der Waals surface area contributed by atoms with E-state index in [4.69, 9.17) is 0 Å². The summed E-state index contributed by atoms with van der Waals surface area (Å²) < 4.78 is 0. The second kappa shape index (κ2) is 9.11. The van der Waals surface area contributed by atoms with Gasteiger partial charge in [0.15, 0.2) is 0 Å². The Morgan fingerprint density at radius 3 is 2.92 bits per heavy atom. The third-order valence-corrected chi connectivity index (χ3v) is 6.69. The first-order valence-electron chi connectivity index (χ1n) is 9.93. The molecule has 4 nitrogen and oxygen atoms in total. The van der Waals surface area contributed by atoms with Crippen LogP contribution in [0.1, 0.15) is 57.8 Å². The van der Waals surface area contributed by atoms with Gasteiger partial charge in [-0.25, -0.2) is 0 Å². The van der Waals surface area contributed by atoms with Crippen molar-refractivity contribution in [3.63, 3.8) is 0 Å². The van der Waals surface area contributed by atoms with Crippen molar-refractivity contribution in [2.75, 3.05) is 31.6 Å². The zero-order valence-electron chi connectivity index (χ0n) is 15.5. The quantitative estimate of drug-likeness (QED) is 0.678. The Balaban J connectivity index is 1.55. The lowest BCUT2D eigenvalue weighted by Crippen LogP contribution is -2.57. The number of carbonyl (C=O) groups is 2. The summed E-state index contributed by atoms with van der Waals surface area (Å²) in [5.74, 6) is 2.01. The number of hydrogen-bond acceptors (Lipinski definition) is 3. The maximum atomic E-state index is 12.5. The number of carbonyl (C=O) groups excluding carboxylic acids is 2. The molecule has 0 aromatic heterocycles. The highest BCUT2D eigenvalue weighted by Crippen LogP contribution is 2.32. The minimum atomic E-state index is 0.295. The summed E-state index contributed by atoms with van der Waals surface area (Å²) in [4.78, 5) is 29.0. The Bertz CT molecular complexity index is 520. The van der Waals surface area contributed by atoms with Gasteiger partial charge in [-0.05, 0) is 57.1 Å². The van der Waals surface area contributed by atoms with Gasteiger partial charge in [0.05, 0.1) is 0 Å². The molecule has 3 aliphatic rings. The van der Waals surface area contributed by atoms with Crippen LogP contribution in [0.4, 0.5) is 0 Å². The molecule has 0 aromatic carbocycles. The molecule has 2 fully saturated rings. The van der Waals surface area contributed by atoms with Crippen molar-refractivity contribution in [2.45, 2.75) is 63.8 Å². The normalized spacial score (nSPS) is 27.1. The van der Waals surface area contributed by atoms with Crippen LogP contribution >= 0.6 is 11.8 Å². The van der Waals surface area contributed by atoms with E-state index in [0.29, 0.717) is 36.6 Å². The van der Waals surface area contributed by atoms with Crippen LogP contribution in [0.25, 0.3) is 0 Å². The van der Waals surface area contributed by atoms with E-state index in [1.165, 1.54) is 25.7 Å². The molecule has 0 bridgehead atoms. The standard InChI is InChI=1S/C20H32N2O2S/c1-25-14-11-19(23)21-12-10-18-17(15-21)7-8-20(24)22(18)13-9-16-5-3-2-4-6-16/h5,17-18H,2-4,6-15H2,1H3/t17-,18+/m0/s1. The van der Waals surface area contributed by atoms with E-state index in [0.717, 1.165) is 44.6 Å². The molecule has 5 heteroatoms. The first-order chi connectivity index (χ1) is 12.2. The zero-order valence-corrected chi connectivity index (χ0v) is 16.4. The molecule has 1 aliphatic carbocycles. The molecule has 0 N–H and O–H groups in total. The van der Waals surface area contributed by atoms with Gasteiger partial charge in [0.25, 0.3) is 0 Å². The first-order valence-corrected chi connectivity index (χ1v) is 11.3. The van der Waals surface area contributed by atoms with Crippen LogP contribution in [0, 0.1) is 5.92 Å². The Kier molecular flexibility index (Phi) is 6.85. The molecule has 3 rings (SSSR count). The van der Waals surface area contributed by atoms with Crippen molar-refractivity contribution in [1.29, 1.82) is 0 Å². The second-order valence-corrected chi connectivity index (χ2v) is 8.67. The molecule has 0 radical (unpaired) electrons. The Hall–Kier alpha value is -0.970. The summed E-state index contributed by atoms with van der Waals surface area (Å²) >= 11 is 1.73. The van der Waals surface area contributed by atoms with Crippen LogP contribution in [-0.4, -0.2) is 59.3 Å². The lowest BCUT2D eigenvalue weighted by molar-refractivity contribution is -0.144. The topological polar surface area (TPSA) is 40.6 Å². The number of allylic oxidation sites excluding steroid dienone is 1. The van der Waals surface area contributed by atoms with Gasteiger partial charge >= 0.3 is 0 Å². The minimum Gasteiger partial charge on any atom is -0.342 e. The lowest BCUT2D eigenvalue weighted by atomic mass is 9.83. The van der Waals surface area contributed by atoms with E-state index in [1.807, 2.05) is 6.26 Å². The van der Waals surface area contributed by atoms with Crippen LogP contribution in [0.15, 0.2) is 11.6 Å². The molecule has 2 amide bonds. The molecule has 2 saturated heterocycles. The fourth-order valence-corrected chi connectivity index (χ4v) is 4.99. The van der Waals surface area contributed by atoms with Gasteiger partial charge in [0.2, 0.25) is 11.8 Å². The van der Waals surface area contributed by atoms with Crippen LogP contribution in [0.2, 0.25) is 0 Å². The van der Waals surface area contributed by atoms with Gasteiger partial charge in [0, 0.05) is 44.3 Å². The van der Waals surface area contributed by atoms with E-state index >= 15 is 0 Å². The number of rotatable bonds is 6. The molecular formula is C20H32N2O2S. The third-order valence-electron chi connectivity index (χ3n) is 6.08. The largest absolute Gasteiger partial charge is 0.342 e. The Morgan fingerprint density at radius 1 is 1.28 bits per heavy atom. The molecular weight excluding hydrogens is 332 g/mol. The van der Waals surface area contributed by atoms with E-state index in [2.05, 4.69) is 15.9 Å². The summed E-state index contributed by atoms with van der Waals surface area (Å²) in [5, 5.41) is 0. The van der Waals surface area contributed by atoms with E-state index in [-0.39, 0.29) is 0 Å². The highest BCUT2D eigenvalue weighted by molar-refractivity contribution is 7.98. The monoisotopic (exact) mass is 364 g/mol. The van der Waals surface area contributed by atoms with Crippen LogP contribution in [0.3, 0.4) is 0 Å². The van der Waals surface area contributed by atoms with E-state index in [1.54, 1.807) is 17.3 Å². The van der Waals surface area contributed by atoms with Crippen molar-refractivity contribution in [2.24, 2.45) is 5.92 Å². The molecule has 25 heavy (non-hydrogen) atoms. The van der Waals surface area contributed by atoms with E-state index in [9.17, 15) is 9.59 Å². The van der Waals surface area contributed by atoms with E-state index < -0.39 is 0 Å². The van der Waals surface area contributed by atoms with Gasteiger partial charge in [-0.1, -0.05) is 11.6 Å². The molecule has 0 unspecified atom stereocenters. The van der Waals surface area contributed by atoms with Gasteiger partial charge in [0.1, 0.15) is 0 Å². The van der Waals surface area contributed by atoms with Crippen molar-refractivity contribution in [1.82, 2.24) is 9.80 Å². The van der Waals surface area contributed by atoms with Crippen LogP contribution in [-0.2, 0) is 9.59 Å². The number of amides is 2. The average Bonchev–Trinajstić information content (AvgIpc) is 2.65. The van der Waals surface area contributed by atoms with Crippen LogP contribution in [0.5, 0.6) is 0 Å². The molecule has 140 valence electrons. The van der Waals surface area contributed by atoms with Crippen LogP contribution < -0.4 is 0 Å². The maximum Gasteiger partial charge on any atom is 0.223 e. The fraction of sp³-hybridized carbons (Fsp3) is 0.800. The number of likely N-dealkylation sites (tertiary alicyclic amines) is 2. The van der Waals surface area contributed by atoms with Gasteiger partial charge in [-0.3, -0.25) is 9.59 Å². The highest BCUT2D eigenvalue weighted by atomic mass is 32.2. The second-order valence-electron chi connectivity index (χ2n) is 7.68. The Morgan fingerprint density at radius 2 is 2.16 bits per heavy atom. The highest BCUT2D eigenvalue weighted by Gasteiger charge is 2.39. The number of hydrogen-bond donors (Lipinski definition) is 0. The first kappa shape index (κ1) is 18.8. The molecule has 0 spiro atoms. The van der Waals surface area contributed by atoms with Gasteiger partial charge < -0.3 is 9.80 Å². The molecule has 0 saturated carbocycles. The maximum absolute atomic E-state index is 12.5. The summed E-state index contributed by atoms with van der Waals surface area (Å²) in [7, 11) is 0. The predicted molar refractivity (Wildman–Crippen MR) is 104 cm³/mol. The molecule has 2 atom stereocenters. The number of thioether (sulfide) groups is 1. The average molecular weight is 365 g/mol. The van der Waals surface area contributed by atoms with Crippen molar-refractivity contribution in [3.8, 4) is 0 Å². The summed E-state index contributed by atoms with van der Waals surface area (Å²) in [6.45, 7) is 2.55. The smallest absolute Gasteiger partial charge is 0.223 e. The number of nitrogens with zero attached hydrogens (tertiary/aromatic N) is 2. The minimum absolute atomic E-state index is 0.295. The summed E-state index contributed by atoms with van der Waals surface area (Å²) in [6.07, 6.45) is 13.8. The molecule has 0 aromatic rings. The lowest BCUT2D eigenvalue weighted by Gasteiger charge is -2.47. The molecule has 2 heterocycles. The molecule has 2 aliphatic heterocycles. The zero-order chi connectivity index (χ0) is 17.6. The SMILES string of the molecule is CSCCC(=O)N1CC[C@@H]2[C@@H](CCC(=O)N2CCC2=CCCCC2)C1. The number of fused-ring (bicyclic) bond motifs is 1. The predicted octanol–water partition coefficient (Wildman–Crippen LogP) is 3.47. The van der Waals surface area contributed by atoms with Gasteiger partial charge in [-0.15, -0.1) is 0 Å². The fourth-order valence-electron chi connectivity index (χ4n) is 4.61.